The smallest absolute Gasteiger partial charge is 0.133 e. The molecule has 2 aliphatic rings. The van der Waals surface area contributed by atoms with Crippen LogP contribution in [0.25, 0.3) is 0 Å². The summed E-state index contributed by atoms with van der Waals surface area (Å²) in [5, 5.41) is 0. The molecule has 2 rings (SSSR count). The van der Waals surface area contributed by atoms with Gasteiger partial charge >= 0.3 is 0 Å². The molecule has 2 fully saturated rings. The average molecular weight is 197 g/mol. The van der Waals surface area contributed by atoms with Gasteiger partial charge in [0.15, 0.2) is 0 Å². The van der Waals surface area contributed by atoms with Gasteiger partial charge in [-0.25, -0.2) is 0 Å². The van der Waals surface area contributed by atoms with Crippen molar-refractivity contribution in [2.45, 2.75) is 32.2 Å². The van der Waals surface area contributed by atoms with Crippen molar-refractivity contribution < 1.29 is 9.53 Å². The molecule has 2 aliphatic heterocycles. The number of rotatable bonds is 2. The van der Waals surface area contributed by atoms with Crippen LogP contribution >= 0.6 is 0 Å². The van der Waals surface area contributed by atoms with Gasteiger partial charge in [-0.2, -0.15) is 0 Å². The fraction of sp³-hybridized carbons (Fsp3) is 0.909. The Hall–Kier alpha value is -0.410. The lowest BCUT2D eigenvalue weighted by molar-refractivity contribution is -0.122. The summed E-state index contributed by atoms with van der Waals surface area (Å²) in [5.41, 5.74) is 0. The Morgan fingerprint density at radius 1 is 1.29 bits per heavy atom. The van der Waals surface area contributed by atoms with E-state index in [4.69, 9.17) is 4.74 Å². The molecule has 0 saturated carbocycles. The van der Waals surface area contributed by atoms with Crippen LogP contribution in [0.15, 0.2) is 0 Å². The molecule has 0 spiro atoms. The van der Waals surface area contributed by atoms with E-state index < -0.39 is 0 Å². The lowest BCUT2D eigenvalue weighted by atomic mass is 9.92. The predicted octanol–water partition coefficient (Wildman–Crippen LogP) is 1.08. The quantitative estimate of drug-likeness (QED) is 0.663. The van der Waals surface area contributed by atoms with Crippen molar-refractivity contribution in [1.29, 1.82) is 0 Å². The largest absolute Gasteiger partial charge is 0.380 e. The van der Waals surface area contributed by atoms with Gasteiger partial charge in [0.2, 0.25) is 0 Å². The molecule has 3 heteroatoms. The highest BCUT2D eigenvalue weighted by atomic mass is 16.5. The number of hydrogen-bond acceptors (Lipinski definition) is 3. The van der Waals surface area contributed by atoms with Crippen LogP contribution < -0.4 is 0 Å². The minimum absolute atomic E-state index is 0.327. The highest BCUT2D eigenvalue weighted by molar-refractivity contribution is 5.78. The molecule has 0 aliphatic carbocycles. The Kier molecular flexibility index (Phi) is 3.19. The third-order valence-corrected chi connectivity index (χ3v) is 3.53. The summed E-state index contributed by atoms with van der Waals surface area (Å²) in [7, 11) is 0. The lowest BCUT2D eigenvalue weighted by Crippen LogP contribution is -2.42. The van der Waals surface area contributed by atoms with Crippen LogP contribution in [0.2, 0.25) is 0 Å². The molecule has 1 atom stereocenters. The molecular formula is C11H19NO2. The normalized spacial score (nSPS) is 30.8. The monoisotopic (exact) mass is 197 g/mol. The van der Waals surface area contributed by atoms with Crippen LogP contribution in [0.1, 0.15) is 26.2 Å². The van der Waals surface area contributed by atoms with E-state index in [0.717, 1.165) is 39.1 Å². The Balaban J connectivity index is 1.80. The molecule has 0 radical (unpaired) electrons. The first kappa shape index (κ1) is 10.1. The number of ether oxygens (including phenoxy) is 1. The number of nitrogens with zero attached hydrogens (tertiary/aromatic N) is 1. The molecule has 0 bridgehead atoms. The summed E-state index contributed by atoms with van der Waals surface area (Å²) in [6.07, 6.45) is 3.27. The molecule has 0 aromatic rings. The number of ketones is 1. The van der Waals surface area contributed by atoms with Crippen LogP contribution in [0.3, 0.4) is 0 Å². The molecule has 1 unspecified atom stereocenters. The summed E-state index contributed by atoms with van der Waals surface area (Å²) in [6, 6.07) is 0.628. The van der Waals surface area contributed by atoms with Gasteiger partial charge in [0.1, 0.15) is 5.78 Å². The first-order valence-electron chi connectivity index (χ1n) is 5.59. The third kappa shape index (κ3) is 2.15. The summed E-state index contributed by atoms with van der Waals surface area (Å²) in [4.78, 5) is 13.7. The maximum Gasteiger partial charge on any atom is 0.133 e. The molecule has 80 valence electrons. The fourth-order valence-electron chi connectivity index (χ4n) is 2.48. The molecule has 0 aromatic carbocycles. The Morgan fingerprint density at radius 3 is 2.50 bits per heavy atom. The summed E-state index contributed by atoms with van der Waals surface area (Å²) in [5.74, 6) is 0.695. The van der Waals surface area contributed by atoms with Gasteiger partial charge in [0.25, 0.3) is 0 Å². The second-order valence-corrected chi connectivity index (χ2v) is 4.44. The van der Waals surface area contributed by atoms with Gasteiger partial charge in [-0.15, -0.1) is 0 Å². The minimum Gasteiger partial charge on any atom is -0.380 e. The molecule has 3 nitrogen and oxygen atoms in total. The van der Waals surface area contributed by atoms with Crippen molar-refractivity contribution in [1.82, 2.24) is 4.90 Å². The molecule has 0 amide bonds. The SMILES string of the molecule is CC(=O)C1CCN(C2CCOC2)CC1. The van der Waals surface area contributed by atoms with Crippen molar-refractivity contribution in [3.63, 3.8) is 0 Å². The number of carbonyl (C=O) groups excluding carboxylic acids is 1. The van der Waals surface area contributed by atoms with E-state index in [2.05, 4.69) is 4.90 Å². The number of carbonyl (C=O) groups is 1. The highest BCUT2D eigenvalue weighted by Gasteiger charge is 2.28. The second kappa shape index (κ2) is 4.41. The van der Waals surface area contributed by atoms with E-state index in [-0.39, 0.29) is 0 Å². The highest BCUT2D eigenvalue weighted by Crippen LogP contribution is 2.22. The lowest BCUT2D eigenvalue weighted by Gasteiger charge is -2.34. The maximum atomic E-state index is 11.2. The summed E-state index contributed by atoms with van der Waals surface area (Å²) < 4.78 is 5.38. The Bertz CT molecular complexity index is 203. The van der Waals surface area contributed by atoms with Crippen molar-refractivity contribution >= 4 is 5.78 Å². The Labute approximate surface area is 85.4 Å². The third-order valence-electron chi connectivity index (χ3n) is 3.53. The zero-order valence-electron chi connectivity index (χ0n) is 8.87. The van der Waals surface area contributed by atoms with Gasteiger partial charge in [-0.05, 0) is 39.3 Å². The maximum absolute atomic E-state index is 11.2. The van der Waals surface area contributed by atoms with Gasteiger partial charge in [-0.1, -0.05) is 0 Å². The Morgan fingerprint density at radius 2 is 2.00 bits per heavy atom. The van der Waals surface area contributed by atoms with Crippen molar-refractivity contribution in [2.75, 3.05) is 26.3 Å². The number of Topliss-reactive ketones (excluding diaryl/α,β-unsaturated/α-hetero) is 1. The van der Waals surface area contributed by atoms with Crippen LogP contribution in [0.4, 0.5) is 0 Å². The minimum atomic E-state index is 0.327. The molecule has 2 saturated heterocycles. The van der Waals surface area contributed by atoms with E-state index in [9.17, 15) is 4.79 Å². The molecule has 14 heavy (non-hydrogen) atoms. The van der Waals surface area contributed by atoms with Crippen molar-refractivity contribution in [3.05, 3.63) is 0 Å². The molecule has 0 aromatic heterocycles. The number of piperidine rings is 1. The zero-order valence-corrected chi connectivity index (χ0v) is 8.87. The average Bonchev–Trinajstić information content (AvgIpc) is 2.71. The summed E-state index contributed by atoms with van der Waals surface area (Å²) in [6.45, 7) is 5.69. The van der Waals surface area contributed by atoms with E-state index >= 15 is 0 Å². The van der Waals surface area contributed by atoms with E-state index in [1.807, 2.05) is 0 Å². The molecular weight excluding hydrogens is 178 g/mol. The van der Waals surface area contributed by atoms with Crippen LogP contribution in [-0.2, 0) is 9.53 Å². The number of hydrogen-bond donors (Lipinski definition) is 0. The topological polar surface area (TPSA) is 29.5 Å². The van der Waals surface area contributed by atoms with E-state index in [1.54, 1.807) is 6.92 Å². The second-order valence-electron chi connectivity index (χ2n) is 4.44. The van der Waals surface area contributed by atoms with Crippen molar-refractivity contribution in [3.8, 4) is 0 Å². The number of likely N-dealkylation sites (tertiary alicyclic amines) is 1. The van der Waals surface area contributed by atoms with Gasteiger partial charge in [0.05, 0.1) is 6.61 Å². The predicted molar refractivity (Wildman–Crippen MR) is 54.2 cm³/mol. The van der Waals surface area contributed by atoms with E-state index in [0.29, 0.717) is 17.7 Å². The molecule has 2 heterocycles. The first-order chi connectivity index (χ1) is 6.77. The standard InChI is InChI=1S/C11H19NO2/c1-9(13)10-2-5-12(6-3-10)11-4-7-14-8-11/h10-11H,2-8H2,1H3. The van der Waals surface area contributed by atoms with Gasteiger partial charge in [-0.3, -0.25) is 9.69 Å². The van der Waals surface area contributed by atoms with Crippen LogP contribution in [0.5, 0.6) is 0 Å². The zero-order chi connectivity index (χ0) is 9.97. The van der Waals surface area contributed by atoms with Crippen LogP contribution in [-0.4, -0.2) is 43.0 Å². The molecule has 0 N–H and O–H groups in total. The van der Waals surface area contributed by atoms with Gasteiger partial charge < -0.3 is 4.74 Å². The van der Waals surface area contributed by atoms with E-state index in [1.165, 1.54) is 6.42 Å². The van der Waals surface area contributed by atoms with Crippen LogP contribution in [0, 0.1) is 5.92 Å². The van der Waals surface area contributed by atoms with Crippen molar-refractivity contribution in [2.24, 2.45) is 5.92 Å². The fourth-order valence-corrected chi connectivity index (χ4v) is 2.48. The summed E-state index contributed by atoms with van der Waals surface area (Å²) >= 11 is 0. The van der Waals surface area contributed by atoms with Gasteiger partial charge in [0, 0.05) is 18.6 Å². The first-order valence-corrected chi connectivity index (χ1v) is 5.59.